The van der Waals surface area contributed by atoms with Crippen molar-refractivity contribution < 1.29 is 9.53 Å². The molecule has 0 aliphatic carbocycles. The van der Waals surface area contributed by atoms with Gasteiger partial charge < -0.3 is 15.0 Å². The molecule has 1 N–H and O–H groups in total. The summed E-state index contributed by atoms with van der Waals surface area (Å²) >= 11 is 0. The van der Waals surface area contributed by atoms with Crippen molar-refractivity contribution in [3.63, 3.8) is 0 Å². The van der Waals surface area contributed by atoms with Gasteiger partial charge >= 0.3 is 0 Å². The van der Waals surface area contributed by atoms with Gasteiger partial charge in [0, 0.05) is 25.3 Å². The molecule has 1 aliphatic heterocycles. The van der Waals surface area contributed by atoms with Crippen molar-refractivity contribution in [3.05, 3.63) is 125 Å². The van der Waals surface area contributed by atoms with Crippen LogP contribution >= 0.6 is 0 Å². The molecule has 0 spiro atoms. The number of carbonyl (C=O) groups is 1. The molecule has 0 saturated carbocycles. The Morgan fingerprint density at radius 3 is 2.32 bits per heavy atom. The van der Waals surface area contributed by atoms with Crippen LogP contribution in [0.15, 0.2) is 103 Å². The van der Waals surface area contributed by atoms with E-state index in [9.17, 15) is 4.79 Å². The standard InChI is InChI=1S/C30H28N2O2/c33-30(32-18-17-25-8-4-5-9-26(25)22-32)20-23-13-15-27(16-14-23)31-21-24-7-6-12-29(19-24)34-28-10-2-1-3-11-28/h1-16,19,31H,17-18,20-22H2. The largest absolute Gasteiger partial charge is 0.457 e. The van der Waals surface area contributed by atoms with Gasteiger partial charge in [-0.2, -0.15) is 0 Å². The van der Waals surface area contributed by atoms with Gasteiger partial charge in [0.15, 0.2) is 0 Å². The Labute approximate surface area is 200 Å². The molecule has 1 amide bonds. The second kappa shape index (κ2) is 10.3. The lowest BCUT2D eigenvalue weighted by Gasteiger charge is -2.29. The molecule has 4 aromatic carbocycles. The van der Waals surface area contributed by atoms with Gasteiger partial charge in [-0.05, 0) is 65.1 Å². The van der Waals surface area contributed by atoms with Crippen molar-refractivity contribution in [2.24, 2.45) is 0 Å². The first kappa shape index (κ1) is 21.8. The third-order valence-corrected chi connectivity index (χ3v) is 6.17. The molecule has 170 valence electrons. The predicted octanol–water partition coefficient (Wildman–Crippen LogP) is 6.22. The Morgan fingerprint density at radius 2 is 1.50 bits per heavy atom. The molecule has 0 bridgehead atoms. The fourth-order valence-corrected chi connectivity index (χ4v) is 4.28. The number of para-hydroxylation sites is 1. The van der Waals surface area contributed by atoms with Crippen LogP contribution in [0.5, 0.6) is 11.5 Å². The maximum atomic E-state index is 12.8. The fourth-order valence-electron chi connectivity index (χ4n) is 4.28. The minimum Gasteiger partial charge on any atom is -0.457 e. The van der Waals surface area contributed by atoms with Crippen LogP contribution in [0, 0.1) is 0 Å². The van der Waals surface area contributed by atoms with Crippen LogP contribution in [0.4, 0.5) is 5.69 Å². The number of carbonyl (C=O) groups excluding carboxylic acids is 1. The highest BCUT2D eigenvalue weighted by Gasteiger charge is 2.20. The van der Waals surface area contributed by atoms with Gasteiger partial charge in [-0.15, -0.1) is 0 Å². The molecule has 4 nitrogen and oxygen atoms in total. The van der Waals surface area contributed by atoms with Crippen LogP contribution < -0.4 is 10.1 Å². The summed E-state index contributed by atoms with van der Waals surface area (Å²) in [6, 6.07) is 34.4. The van der Waals surface area contributed by atoms with Crippen LogP contribution in [-0.4, -0.2) is 17.4 Å². The molecule has 0 unspecified atom stereocenters. The number of fused-ring (bicyclic) bond motifs is 1. The third kappa shape index (κ3) is 5.46. The van der Waals surface area contributed by atoms with E-state index in [4.69, 9.17) is 4.74 Å². The second-order valence-corrected chi connectivity index (χ2v) is 8.62. The Hall–Kier alpha value is -4.05. The van der Waals surface area contributed by atoms with Crippen molar-refractivity contribution in [3.8, 4) is 11.5 Å². The van der Waals surface area contributed by atoms with Gasteiger partial charge in [0.2, 0.25) is 5.91 Å². The summed E-state index contributed by atoms with van der Waals surface area (Å²) in [4.78, 5) is 14.8. The van der Waals surface area contributed by atoms with Gasteiger partial charge in [-0.3, -0.25) is 4.79 Å². The molecule has 4 aromatic rings. The van der Waals surface area contributed by atoms with E-state index in [-0.39, 0.29) is 5.91 Å². The van der Waals surface area contributed by atoms with E-state index in [1.807, 2.05) is 83.8 Å². The van der Waals surface area contributed by atoms with Crippen molar-refractivity contribution >= 4 is 11.6 Å². The lowest BCUT2D eigenvalue weighted by atomic mass is 9.99. The lowest BCUT2D eigenvalue weighted by molar-refractivity contribution is -0.131. The summed E-state index contributed by atoms with van der Waals surface area (Å²) in [6.45, 7) is 2.20. The monoisotopic (exact) mass is 448 g/mol. The van der Waals surface area contributed by atoms with E-state index >= 15 is 0 Å². The molecule has 0 fully saturated rings. The van der Waals surface area contributed by atoms with Crippen LogP contribution in [0.2, 0.25) is 0 Å². The van der Waals surface area contributed by atoms with Crippen molar-refractivity contribution in [2.45, 2.75) is 25.9 Å². The number of hydrogen-bond donors (Lipinski definition) is 1. The van der Waals surface area contributed by atoms with Crippen molar-refractivity contribution in [2.75, 3.05) is 11.9 Å². The average Bonchev–Trinajstić information content (AvgIpc) is 2.89. The highest BCUT2D eigenvalue weighted by Crippen LogP contribution is 2.23. The third-order valence-electron chi connectivity index (χ3n) is 6.17. The van der Waals surface area contributed by atoms with E-state index in [2.05, 4.69) is 29.6 Å². The predicted molar refractivity (Wildman–Crippen MR) is 136 cm³/mol. The smallest absolute Gasteiger partial charge is 0.227 e. The maximum Gasteiger partial charge on any atom is 0.227 e. The minimum absolute atomic E-state index is 0.186. The number of ether oxygens (including phenoxy) is 1. The van der Waals surface area contributed by atoms with Crippen LogP contribution in [0.25, 0.3) is 0 Å². The molecule has 0 saturated heterocycles. The van der Waals surface area contributed by atoms with E-state index in [0.717, 1.165) is 41.3 Å². The maximum absolute atomic E-state index is 12.8. The van der Waals surface area contributed by atoms with Crippen LogP contribution in [0.3, 0.4) is 0 Å². The fraction of sp³-hybridized carbons (Fsp3) is 0.167. The molecule has 0 radical (unpaired) electrons. The number of nitrogens with zero attached hydrogens (tertiary/aromatic N) is 1. The molecule has 1 aliphatic rings. The topological polar surface area (TPSA) is 41.6 Å². The Kier molecular flexibility index (Phi) is 6.57. The van der Waals surface area contributed by atoms with Crippen LogP contribution in [0.1, 0.15) is 22.3 Å². The zero-order valence-electron chi connectivity index (χ0n) is 19.1. The zero-order chi connectivity index (χ0) is 23.2. The second-order valence-electron chi connectivity index (χ2n) is 8.62. The number of nitrogens with one attached hydrogen (secondary N) is 1. The van der Waals surface area contributed by atoms with Crippen LogP contribution in [-0.2, 0) is 30.7 Å². The highest BCUT2D eigenvalue weighted by atomic mass is 16.5. The van der Waals surface area contributed by atoms with E-state index in [0.29, 0.717) is 19.5 Å². The Bertz CT molecular complexity index is 1250. The molecule has 4 heteroatoms. The molecule has 5 rings (SSSR count). The zero-order valence-corrected chi connectivity index (χ0v) is 19.1. The quantitative estimate of drug-likeness (QED) is 0.365. The number of amides is 1. The minimum atomic E-state index is 0.186. The van der Waals surface area contributed by atoms with E-state index in [1.54, 1.807) is 0 Å². The number of benzene rings is 4. The van der Waals surface area contributed by atoms with Gasteiger partial charge in [0.1, 0.15) is 11.5 Å². The van der Waals surface area contributed by atoms with Crippen molar-refractivity contribution in [1.29, 1.82) is 0 Å². The summed E-state index contributed by atoms with van der Waals surface area (Å²) in [5.74, 6) is 1.83. The number of rotatable bonds is 7. The molecule has 34 heavy (non-hydrogen) atoms. The first-order chi connectivity index (χ1) is 16.7. The summed E-state index contributed by atoms with van der Waals surface area (Å²) in [5, 5.41) is 3.46. The number of hydrogen-bond acceptors (Lipinski definition) is 3. The van der Waals surface area contributed by atoms with E-state index in [1.165, 1.54) is 11.1 Å². The highest BCUT2D eigenvalue weighted by molar-refractivity contribution is 5.79. The van der Waals surface area contributed by atoms with Gasteiger partial charge in [0.25, 0.3) is 0 Å². The summed E-state index contributed by atoms with van der Waals surface area (Å²) < 4.78 is 5.93. The van der Waals surface area contributed by atoms with Crippen molar-refractivity contribution in [1.82, 2.24) is 4.90 Å². The normalized spacial score (nSPS) is 12.6. The first-order valence-corrected chi connectivity index (χ1v) is 11.7. The molecular formula is C30H28N2O2. The van der Waals surface area contributed by atoms with E-state index < -0.39 is 0 Å². The Morgan fingerprint density at radius 1 is 0.765 bits per heavy atom. The summed E-state index contributed by atoms with van der Waals surface area (Å²) in [5.41, 5.74) is 5.82. The Balaban J connectivity index is 1.14. The summed E-state index contributed by atoms with van der Waals surface area (Å²) in [7, 11) is 0. The average molecular weight is 449 g/mol. The molecule has 0 aromatic heterocycles. The molecule has 1 heterocycles. The lowest BCUT2D eigenvalue weighted by Crippen LogP contribution is -2.36. The first-order valence-electron chi connectivity index (χ1n) is 11.7. The molecular weight excluding hydrogens is 420 g/mol. The number of anilines is 1. The SMILES string of the molecule is O=C(Cc1ccc(NCc2cccc(Oc3ccccc3)c2)cc1)N1CCc2ccccc2C1. The van der Waals surface area contributed by atoms with Gasteiger partial charge in [-0.25, -0.2) is 0 Å². The van der Waals surface area contributed by atoms with Gasteiger partial charge in [-0.1, -0.05) is 66.7 Å². The summed E-state index contributed by atoms with van der Waals surface area (Å²) in [6.07, 6.45) is 1.36. The molecule has 0 atom stereocenters. The van der Waals surface area contributed by atoms with Gasteiger partial charge in [0.05, 0.1) is 6.42 Å².